The van der Waals surface area contributed by atoms with Gasteiger partial charge in [-0.2, -0.15) is 0 Å². The lowest BCUT2D eigenvalue weighted by atomic mass is 9.96. The number of nitrogens with one attached hydrogen (secondary N) is 4. The van der Waals surface area contributed by atoms with Gasteiger partial charge in [0.05, 0.1) is 7.11 Å². The molecule has 0 unspecified atom stereocenters. The first-order valence-electron chi connectivity index (χ1n) is 11.4. The fourth-order valence-electron chi connectivity index (χ4n) is 4.72. The first kappa shape index (κ1) is 22.6. The lowest BCUT2D eigenvalue weighted by Crippen LogP contribution is -3.29. The molecule has 7 nitrogen and oxygen atoms in total. The molecule has 0 aromatic heterocycles. The summed E-state index contributed by atoms with van der Waals surface area (Å²) in [5.41, 5.74) is 2.48. The second-order valence-electron chi connectivity index (χ2n) is 8.92. The van der Waals surface area contributed by atoms with Crippen molar-refractivity contribution in [2.75, 3.05) is 33.3 Å². The van der Waals surface area contributed by atoms with Crippen LogP contribution in [0.2, 0.25) is 0 Å². The van der Waals surface area contributed by atoms with Crippen LogP contribution in [0.1, 0.15) is 50.2 Å². The van der Waals surface area contributed by atoms with E-state index < -0.39 is 0 Å². The van der Waals surface area contributed by atoms with Gasteiger partial charge < -0.3 is 19.9 Å². The van der Waals surface area contributed by atoms with Gasteiger partial charge in [-0.1, -0.05) is 30.9 Å². The smallest absolute Gasteiger partial charge is 0.321 e. The molecule has 0 spiro atoms. The molecule has 166 valence electrons. The summed E-state index contributed by atoms with van der Waals surface area (Å²) >= 11 is 0. The fraction of sp³-hybridized carbons (Fsp3) is 0.652. The third kappa shape index (κ3) is 6.19. The monoisotopic (exact) mass is 418 g/mol. The Morgan fingerprint density at radius 3 is 2.50 bits per heavy atom. The molecule has 1 aliphatic carbocycles. The topological polar surface area (TPSA) is 76.3 Å². The molecular weight excluding hydrogens is 380 g/mol. The Labute approximate surface area is 180 Å². The molecule has 1 saturated heterocycles. The van der Waals surface area contributed by atoms with Crippen molar-refractivity contribution < 1.29 is 24.1 Å². The van der Waals surface area contributed by atoms with Crippen molar-refractivity contribution in [3.8, 4) is 5.75 Å². The largest absolute Gasteiger partial charge is 0.496 e. The molecule has 1 aromatic carbocycles. The van der Waals surface area contributed by atoms with E-state index in [1.165, 1.54) is 27.3 Å². The summed E-state index contributed by atoms with van der Waals surface area (Å²) in [6.07, 6.45) is 5.57. The van der Waals surface area contributed by atoms with Gasteiger partial charge in [-0.15, -0.1) is 0 Å². The third-order valence-corrected chi connectivity index (χ3v) is 6.66. The molecule has 7 heteroatoms. The molecule has 30 heavy (non-hydrogen) atoms. The Morgan fingerprint density at radius 1 is 1.13 bits per heavy atom. The van der Waals surface area contributed by atoms with Gasteiger partial charge in [-0.05, 0) is 38.8 Å². The quantitative estimate of drug-likeness (QED) is 0.518. The van der Waals surface area contributed by atoms with Crippen LogP contribution >= 0.6 is 0 Å². The predicted molar refractivity (Wildman–Crippen MR) is 116 cm³/mol. The maximum absolute atomic E-state index is 12.6. The highest BCUT2D eigenvalue weighted by molar-refractivity contribution is 5.96. The molecule has 2 fully saturated rings. The van der Waals surface area contributed by atoms with Crippen molar-refractivity contribution >= 4 is 11.9 Å². The predicted octanol–water partition coefficient (Wildman–Crippen LogP) is -0.166. The summed E-state index contributed by atoms with van der Waals surface area (Å²) in [7, 11) is 1.72. The first-order valence-corrected chi connectivity index (χ1v) is 11.4. The van der Waals surface area contributed by atoms with Crippen molar-refractivity contribution in [1.82, 2.24) is 10.6 Å². The normalized spacial score (nSPS) is 23.4. The van der Waals surface area contributed by atoms with Crippen LogP contribution in [-0.4, -0.2) is 57.3 Å². The highest BCUT2D eigenvalue weighted by Crippen LogP contribution is 2.18. The number of urea groups is 1. The number of ether oxygens (including phenoxy) is 1. The van der Waals surface area contributed by atoms with Gasteiger partial charge in [0.15, 0.2) is 6.04 Å². The van der Waals surface area contributed by atoms with Gasteiger partial charge in [0, 0.05) is 11.6 Å². The maximum Gasteiger partial charge on any atom is 0.321 e. The van der Waals surface area contributed by atoms with Gasteiger partial charge in [-0.3, -0.25) is 10.1 Å². The minimum absolute atomic E-state index is 0.179. The van der Waals surface area contributed by atoms with Gasteiger partial charge >= 0.3 is 6.03 Å². The molecule has 1 aliphatic heterocycles. The van der Waals surface area contributed by atoms with Crippen LogP contribution in [0, 0.1) is 6.92 Å². The molecular formula is C23H38N4O3+2. The van der Waals surface area contributed by atoms with E-state index in [0.29, 0.717) is 0 Å². The molecule has 0 radical (unpaired) electrons. The zero-order valence-electron chi connectivity index (χ0n) is 18.7. The zero-order chi connectivity index (χ0) is 21.5. The number of imide groups is 1. The Balaban J connectivity index is 1.44. The molecule has 3 rings (SSSR count). The summed E-state index contributed by atoms with van der Waals surface area (Å²) in [4.78, 5) is 27.5. The number of aryl methyl sites for hydroxylation is 1. The minimum Gasteiger partial charge on any atom is -0.496 e. The molecule has 1 atom stereocenters. The van der Waals surface area contributed by atoms with E-state index in [1.54, 1.807) is 7.11 Å². The summed E-state index contributed by atoms with van der Waals surface area (Å²) < 4.78 is 5.51. The number of hydrogen-bond donors (Lipinski definition) is 4. The van der Waals surface area contributed by atoms with Gasteiger partial charge in [-0.25, -0.2) is 4.79 Å². The molecule has 1 aromatic rings. The Morgan fingerprint density at radius 2 is 1.83 bits per heavy atom. The van der Waals surface area contributed by atoms with Crippen LogP contribution in [0.4, 0.5) is 4.79 Å². The number of rotatable bonds is 6. The van der Waals surface area contributed by atoms with E-state index >= 15 is 0 Å². The number of quaternary nitrogens is 2. The van der Waals surface area contributed by atoms with Crippen LogP contribution in [0.5, 0.6) is 5.75 Å². The summed E-state index contributed by atoms with van der Waals surface area (Å²) in [6.45, 7) is 8.79. The summed E-state index contributed by atoms with van der Waals surface area (Å²) in [6, 6.07) is 5.96. The fourth-order valence-corrected chi connectivity index (χ4v) is 4.72. The number of methoxy groups -OCH3 is 1. The van der Waals surface area contributed by atoms with E-state index in [4.69, 9.17) is 4.74 Å². The number of carbonyl (C=O) groups is 2. The highest BCUT2D eigenvalue weighted by atomic mass is 16.5. The Hall–Kier alpha value is -2.12. The van der Waals surface area contributed by atoms with E-state index in [9.17, 15) is 9.59 Å². The maximum atomic E-state index is 12.6. The van der Waals surface area contributed by atoms with Crippen molar-refractivity contribution in [1.29, 1.82) is 0 Å². The third-order valence-electron chi connectivity index (χ3n) is 6.66. The van der Waals surface area contributed by atoms with Crippen molar-refractivity contribution in [3.05, 3.63) is 29.3 Å². The molecule has 1 heterocycles. The van der Waals surface area contributed by atoms with Crippen LogP contribution in [0.15, 0.2) is 18.2 Å². The number of hydrogen-bond acceptors (Lipinski definition) is 3. The lowest BCUT2D eigenvalue weighted by molar-refractivity contribution is -1.02. The van der Waals surface area contributed by atoms with E-state index in [0.717, 1.165) is 64.2 Å². The second kappa shape index (κ2) is 10.8. The number of amides is 3. The molecule has 3 amide bonds. The average molecular weight is 419 g/mol. The van der Waals surface area contributed by atoms with E-state index in [1.807, 2.05) is 13.0 Å². The van der Waals surface area contributed by atoms with E-state index in [2.05, 4.69) is 29.7 Å². The Bertz CT molecular complexity index is 725. The van der Waals surface area contributed by atoms with Crippen molar-refractivity contribution in [2.24, 2.45) is 0 Å². The van der Waals surface area contributed by atoms with Crippen LogP contribution in [0.3, 0.4) is 0 Å². The standard InChI is InChI=1S/C23H36N4O3/c1-17-9-10-21(30-3)19(15-17)16-26-11-13-27(14-12-26)18(2)22(28)25-23(29)24-20-7-5-4-6-8-20/h9-10,15,18,20H,4-8,11-14,16H2,1-3H3,(H2,24,25,28,29)/p+2/t18-/m1/s1. The number of carbonyl (C=O) groups excluding carboxylic acids is 2. The van der Waals surface area contributed by atoms with Crippen molar-refractivity contribution in [3.63, 3.8) is 0 Å². The minimum atomic E-state index is -0.339. The molecule has 4 N–H and O–H groups in total. The summed E-state index contributed by atoms with van der Waals surface area (Å²) in [5, 5.41) is 5.52. The van der Waals surface area contributed by atoms with Crippen LogP contribution < -0.4 is 25.2 Å². The van der Waals surface area contributed by atoms with Crippen LogP contribution in [-0.2, 0) is 11.3 Å². The van der Waals surface area contributed by atoms with Crippen LogP contribution in [0.25, 0.3) is 0 Å². The Kier molecular flexibility index (Phi) is 8.10. The number of benzene rings is 1. The van der Waals surface area contributed by atoms with Gasteiger partial charge in [0.25, 0.3) is 5.91 Å². The molecule has 1 saturated carbocycles. The van der Waals surface area contributed by atoms with Gasteiger partial charge in [0.1, 0.15) is 38.5 Å². The first-order chi connectivity index (χ1) is 14.5. The molecule has 2 aliphatic rings. The molecule has 0 bridgehead atoms. The second-order valence-corrected chi connectivity index (χ2v) is 8.92. The zero-order valence-corrected chi connectivity index (χ0v) is 18.7. The highest BCUT2D eigenvalue weighted by Gasteiger charge is 2.32. The van der Waals surface area contributed by atoms with Gasteiger partial charge in [0.2, 0.25) is 0 Å². The van der Waals surface area contributed by atoms with Crippen molar-refractivity contribution in [2.45, 2.75) is 64.6 Å². The summed E-state index contributed by atoms with van der Waals surface area (Å²) in [5.74, 6) is 0.765. The van der Waals surface area contributed by atoms with E-state index in [-0.39, 0.29) is 24.0 Å². The number of piperazine rings is 1. The average Bonchev–Trinajstić information content (AvgIpc) is 2.74. The lowest BCUT2D eigenvalue weighted by Gasteiger charge is -2.32. The SMILES string of the molecule is COc1ccc(C)cc1C[NH+]1CC[NH+]([C@H](C)C(=O)NC(=O)NC2CCCCC2)CC1.